The highest BCUT2D eigenvalue weighted by Crippen LogP contribution is 2.15. The molecule has 3 aromatic heterocycles. The lowest BCUT2D eigenvalue weighted by atomic mass is 10.3. The van der Waals surface area contributed by atoms with E-state index in [0.29, 0.717) is 4.53 Å². The number of aromatic nitrogens is 3. The van der Waals surface area contributed by atoms with E-state index in [-0.39, 0.29) is 5.56 Å². The average molecular weight is 279 g/mol. The average Bonchev–Trinajstić information content (AvgIpc) is 2.98. The molecule has 0 amide bonds. The lowest BCUT2D eigenvalue weighted by Crippen LogP contribution is -2.22. The fourth-order valence-electron chi connectivity index (χ4n) is 2.21. The maximum absolute atomic E-state index is 12.5. The zero-order valence-electron chi connectivity index (χ0n) is 10.4. The van der Waals surface area contributed by atoms with Crippen molar-refractivity contribution in [1.82, 2.24) is 14.4 Å². The Kier molecular flexibility index (Phi) is 2.40. The number of hydrogen-bond acceptors (Lipinski definition) is 4. The van der Waals surface area contributed by atoms with Crippen LogP contribution in [-0.4, -0.2) is 14.4 Å². The van der Waals surface area contributed by atoms with Crippen molar-refractivity contribution < 1.29 is 0 Å². The molecule has 0 saturated carbocycles. The van der Waals surface area contributed by atoms with Crippen LogP contribution in [0.5, 0.6) is 0 Å². The lowest BCUT2D eigenvalue weighted by molar-refractivity contribution is 1.19. The molecule has 0 spiro atoms. The molecule has 4 nitrogen and oxygen atoms in total. The predicted molar refractivity (Wildman–Crippen MR) is 79.9 cm³/mol. The zero-order valence-corrected chi connectivity index (χ0v) is 11.2. The molecule has 3 heterocycles. The highest BCUT2D eigenvalue weighted by Gasteiger charge is 2.10. The third kappa shape index (κ3) is 1.64. The number of nitrogens with zero attached hydrogens (tertiary/aromatic N) is 3. The van der Waals surface area contributed by atoms with Crippen molar-refractivity contribution in [1.29, 1.82) is 0 Å². The van der Waals surface area contributed by atoms with E-state index < -0.39 is 0 Å². The number of thiazole rings is 1. The van der Waals surface area contributed by atoms with Crippen LogP contribution in [0, 0.1) is 0 Å². The molecule has 1 aromatic carbocycles. The van der Waals surface area contributed by atoms with E-state index >= 15 is 0 Å². The normalized spacial score (nSPS) is 12.5. The van der Waals surface area contributed by atoms with Crippen LogP contribution in [0.25, 0.3) is 22.1 Å². The summed E-state index contributed by atoms with van der Waals surface area (Å²) in [5.74, 6) is 0. The van der Waals surface area contributed by atoms with Gasteiger partial charge in [-0.1, -0.05) is 29.5 Å². The van der Waals surface area contributed by atoms with Crippen LogP contribution < -0.4 is 10.1 Å². The van der Waals surface area contributed by atoms with Crippen molar-refractivity contribution in [3.8, 4) is 0 Å². The van der Waals surface area contributed by atoms with E-state index in [0.717, 1.165) is 21.7 Å². The fourth-order valence-corrected chi connectivity index (χ4v) is 3.18. The van der Waals surface area contributed by atoms with E-state index in [2.05, 4.69) is 9.97 Å². The Morgan fingerprint density at radius 1 is 1.10 bits per heavy atom. The molecule has 5 heteroatoms. The second-order valence-corrected chi connectivity index (χ2v) is 5.40. The first-order valence-electron chi connectivity index (χ1n) is 6.16. The molecular weight excluding hydrogens is 270 g/mol. The van der Waals surface area contributed by atoms with Crippen molar-refractivity contribution in [2.24, 2.45) is 0 Å². The lowest BCUT2D eigenvalue weighted by Gasteiger charge is -1.88. The molecule has 0 saturated heterocycles. The highest BCUT2D eigenvalue weighted by molar-refractivity contribution is 7.15. The molecule has 0 fully saturated rings. The summed E-state index contributed by atoms with van der Waals surface area (Å²) in [5.41, 5.74) is 2.44. The van der Waals surface area contributed by atoms with Gasteiger partial charge in [-0.2, -0.15) is 0 Å². The molecule has 0 radical (unpaired) electrons. The first kappa shape index (κ1) is 11.3. The molecule has 96 valence electrons. The standard InChI is InChI=1S/C15H9N3OS/c19-14-13(9-10-5-3-4-8-16-10)20-15-17-11-6-1-2-7-12(11)18(14)15/h1-9H/b13-9+. The van der Waals surface area contributed by atoms with Crippen LogP contribution in [0.3, 0.4) is 0 Å². The van der Waals surface area contributed by atoms with Crippen LogP contribution in [0.15, 0.2) is 53.5 Å². The molecule has 4 rings (SSSR count). The van der Waals surface area contributed by atoms with E-state index in [1.54, 1.807) is 16.7 Å². The SMILES string of the molecule is O=c1/c(=C\c2ccccn2)sc2nc3ccccc3n12. The summed E-state index contributed by atoms with van der Waals surface area (Å²) in [6, 6.07) is 13.3. The number of benzene rings is 1. The summed E-state index contributed by atoms with van der Waals surface area (Å²) in [5, 5.41) is 0. The summed E-state index contributed by atoms with van der Waals surface area (Å²) in [4.78, 5) is 21.9. The Hall–Kier alpha value is -2.53. The van der Waals surface area contributed by atoms with Gasteiger partial charge in [0, 0.05) is 6.20 Å². The second-order valence-electron chi connectivity index (χ2n) is 4.39. The zero-order chi connectivity index (χ0) is 13.5. The Balaban J connectivity index is 2.06. The van der Waals surface area contributed by atoms with Crippen molar-refractivity contribution in [3.63, 3.8) is 0 Å². The van der Waals surface area contributed by atoms with E-state index in [1.807, 2.05) is 42.5 Å². The minimum absolute atomic E-state index is 0.0376. The van der Waals surface area contributed by atoms with Gasteiger partial charge in [-0.3, -0.25) is 9.78 Å². The smallest absolute Gasteiger partial charge is 0.267 e. The van der Waals surface area contributed by atoms with Crippen LogP contribution in [0.1, 0.15) is 5.69 Å². The number of rotatable bonds is 1. The van der Waals surface area contributed by atoms with Gasteiger partial charge in [-0.15, -0.1) is 0 Å². The second kappa shape index (κ2) is 4.25. The fraction of sp³-hybridized carbons (Fsp3) is 0. The van der Waals surface area contributed by atoms with Crippen molar-refractivity contribution >= 4 is 33.4 Å². The van der Waals surface area contributed by atoms with Crippen LogP contribution in [0.4, 0.5) is 0 Å². The van der Waals surface area contributed by atoms with Crippen LogP contribution in [0.2, 0.25) is 0 Å². The van der Waals surface area contributed by atoms with Gasteiger partial charge < -0.3 is 0 Å². The minimum Gasteiger partial charge on any atom is -0.267 e. The first-order chi connectivity index (χ1) is 9.83. The molecule has 0 unspecified atom stereocenters. The Bertz CT molecular complexity index is 1020. The van der Waals surface area contributed by atoms with Crippen molar-refractivity contribution in [2.75, 3.05) is 0 Å². The maximum Gasteiger partial charge on any atom is 0.275 e. The van der Waals surface area contributed by atoms with E-state index in [9.17, 15) is 4.79 Å². The molecule has 20 heavy (non-hydrogen) atoms. The summed E-state index contributed by atoms with van der Waals surface area (Å²) in [6.45, 7) is 0. The largest absolute Gasteiger partial charge is 0.275 e. The third-order valence-corrected chi connectivity index (χ3v) is 4.08. The molecule has 0 N–H and O–H groups in total. The van der Waals surface area contributed by atoms with Gasteiger partial charge in [-0.05, 0) is 30.3 Å². The van der Waals surface area contributed by atoms with Crippen LogP contribution in [-0.2, 0) is 0 Å². The predicted octanol–water partition coefficient (Wildman–Crippen LogP) is 1.85. The monoisotopic (exact) mass is 279 g/mol. The van der Waals surface area contributed by atoms with E-state index in [1.165, 1.54) is 11.3 Å². The van der Waals surface area contributed by atoms with E-state index in [4.69, 9.17) is 0 Å². The summed E-state index contributed by atoms with van der Waals surface area (Å²) < 4.78 is 2.31. The molecule has 0 aliphatic rings. The number of pyridine rings is 1. The number of imidazole rings is 1. The number of fused-ring (bicyclic) bond motifs is 3. The number of hydrogen-bond donors (Lipinski definition) is 0. The first-order valence-corrected chi connectivity index (χ1v) is 6.97. The summed E-state index contributed by atoms with van der Waals surface area (Å²) in [6.07, 6.45) is 3.51. The van der Waals surface area contributed by atoms with Gasteiger partial charge in [0.05, 0.1) is 21.3 Å². The topological polar surface area (TPSA) is 47.3 Å². The van der Waals surface area contributed by atoms with Crippen molar-refractivity contribution in [3.05, 3.63) is 69.2 Å². The molecule has 0 aliphatic heterocycles. The Labute approximate surface area is 117 Å². The van der Waals surface area contributed by atoms with Gasteiger partial charge >= 0.3 is 0 Å². The van der Waals surface area contributed by atoms with Gasteiger partial charge in [0.25, 0.3) is 5.56 Å². The Morgan fingerprint density at radius 3 is 2.80 bits per heavy atom. The highest BCUT2D eigenvalue weighted by atomic mass is 32.1. The maximum atomic E-state index is 12.5. The molecule has 0 atom stereocenters. The van der Waals surface area contributed by atoms with Gasteiger partial charge in [-0.25, -0.2) is 9.38 Å². The van der Waals surface area contributed by atoms with Gasteiger partial charge in [0.15, 0.2) is 4.96 Å². The van der Waals surface area contributed by atoms with Crippen molar-refractivity contribution in [2.45, 2.75) is 0 Å². The Morgan fingerprint density at radius 2 is 1.95 bits per heavy atom. The molecule has 4 aromatic rings. The minimum atomic E-state index is -0.0376. The molecule has 0 aliphatic carbocycles. The van der Waals surface area contributed by atoms with Gasteiger partial charge in [0.2, 0.25) is 0 Å². The quantitative estimate of drug-likeness (QED) is 0.534. The summed E-state index contributed by atoms with van der Waals surface area (Å²) in [7, 11) is 0. The van der Waals surface area contributed by atoms with Gasteiger partial charge in [0.1, 0.15) is 0 Å². The molecule has 0 bridgehead atoms. The number of para-hydroxylation sites is 2. The summed E-state index contributed by atoms with van der Waals surface area (Å²) >= 11 is 1.39. The van der Waals surface area contributed by atoms with Crippen LogP contribution >= 0.6 is 11.3 Å². The molecular formula is C15H9N3OS. The third-order valence-electron chi connectivity index (χ3n) is 3.11.